The van der Waals surface area contributed by atoms with E-state index in [1.807, 2.05) is 25.1 Å². The third kappa shape index (κ3) is 2.92. The molecule has 2 aromatic rings. The molecule has 0 atom stereocenters. The van der Waals surface area contributed by atoms with Crippen LogP contribution in [0.25, 0.3) is 0 Å². The van der Waals surface area contributed by atoms with Gasteiger partial charge in [0.05, 0.1) is 5.56 Å². The van der Waals surface area contributed by atoms with Crippen molar-refractivity contribution in [2.24, 2.45) is 0 Å². The second kappa shape index (κ2) is 5.55. The maximum Gasteiger partial charge on any atom is 0.153 e. The molecule has 2 nitrogen and oxygen atoms in total. The van der Waals surface area contributed by atoms with Gasteiger partial charge in [0.2, 0.25) is 0 Å². The Labute approximate surface area is 119 Å². The van der Waals surface area contributed by atoms with E-state index in [0.717, 1.165) is 16.3 Å². The first-order valence-corrected chi connectivity index (χ1v) is 6.46. The van der Waals surface area contributed by atoms with Gasteiger partial charge in [-0.15, -0.1) is 0 Å². The van der Waals surface area contributed by atoms with Crippen LogP contribution >= 0.6 is 27.5 Å². The first kappa shape index (κ1) is 13.1. The summed E-state index contributed by atoms with van der Waals surface area (Å²) in [6.45, 7) is 1.97. The summed E-state index contributed by atoms with van der Waals surface area (Å²) in [4.78, 5) is 10.9. The Morgan fingerprint density at radius 1 is 1.22 bits per heavy atom. The molecule has 18 heavy (non-hydrogen) atoms. The Morgan fingerprint density at radius 3 is 2.67 bits per heavy atom. The van der Waals surface area contributed by atoms with Crippen molar-refractivity contribution in [2.75, 3.05) is 0 Å². The van der Waals surface area contributed by atoms with Crippen LogP contribution in [0.1, 0.15) is 15.9 Å². The molecule has 0 heterocycles. The molecule has 0 radical (unpaired) electrons. The number of aldehydes is 1. The maximum atomic E-state index is 10.9. The van der Waals surface area contributed by atoms with Gasteiger partial charge in [-0.1, -0.05) is 27.5 Å². The highest BCUT2D eigenvalue weighted by Gasteiger charge is 2.06. The van der Waals surface area contributed by atoms with Gasteiger partial charge in [-0.05, 0) is 48.9 Å². The van der Waals surface area contributed by atoms with E-state index in [1.54, 1.807) is 18.2 Å². The van der Waals surface area contributed by atoms with Gasteiger partial charge in [0, 0.05) is 9.50 Å². The molecule has 0 aliphatic carbocycles. The van der Waals surface area contributed by atoms with Gasteiger partial charge in [0.15, 0.2) is 6.29 Å². The highest BCUT2D eigenvalue weighted by Crippen LogP contribution is 2.29. The van der Waals surface area contributed by atoms with E-state index in [0.29, 0.717) is 22.1 Å². The minimum atomic E-state index is 0.433. The van der Waals surface area contributed by atoms with Crippen LogP contribution < -0.4 is 4.74 Å². The largest absolute Gasteiger partial charge is 0.457 e. The average Bonchev–Trinajstić information content (AvgIpc) is 2.36. The minimum Gasteiger partial charge on any atom is -0.457 e. The van der Waals surface area contributed by atoms with Gasteiger partial charge in [0.1, 0.15) is 11.5 Å². The second-order valence-electron chi connectivity index (χ2n) is 3.81. The molecule has 2 rings (SSSR count). The normalized spacial score (nSPS) is 10.2. The van der Waals surface area contributed by atoms with Crippen LogP contribution in [0.3, 0.4) is 0 Å². The Morgan fingerprint density at radius 2 is 2.00 bits per heavy atom. The fourth-order valence-electron chi connectivity index (χ4n) is 1.51. The molecular weight excluding hydrogens is 316 g/mol. The first-order valence-electron chi connectivity index (χ1n) is 5.29. The SMILES string of the molecule is Cc1cc(Oc2ccc(Cl)cc2C=O)ccc1Br. The van der Waals surface area contributed by atoms with E-state index in [-0.39, 0.29) is 0 Å². The van der Waals surface area contributed by atoms with E-state index in [4.69, 9.17) is 16.3 Å². The van der Waals surface area contributed by atoms with Crippen molar-refractivity contribution < 1.29 is 9.53 Å². The molecule has 0 amide bonds. The zero-order valence-corrected chi connectivity index (χ0v) is 12.0. The summed E-state index contributed by atoms with van der Waals surface area (Å²) in [5.74, 6) is 1.18. The fourth-order valence-corrected chi connectivity index (χ4v) is 1.94. The maximum absolute atomic E-state index is 10.9. The quantitative estimate of drug-likeness (QED) is 0.741. The number of carbonyl (C=O) groups excluding carboxylic acids is 1. The molecule has 0 N–H and O–H groups in total. The lowest BCUT2D eigenvalue weighted by molar-refractivity contribution is 0.112. The lowest BCUT2D eigenvalue weighted by atomic mass is 10.2. The molecule has 0 aromatic heterocycles. The zero-order valence-electron chi connectivity index (χ0n) is 9.61. The summed E-state index contributed by atoms with van der Waals surface area (Å²) >= 11 is 9.25. The number of carbonyl (C=O) groups is 1. The predicted octanol–water partition coefficient (Wildman–Crippen LogP) is 5.02. The van der Waals surface area contributed by atoms with Crippen LogP contribution in [-0.4, -0.2) is 6.29 Å². The summed E-state index contributed by atoms with van der Waals surface area (Å²) in [6.07, 6.45) is 0.729. The number of halogens is 2. The van der Waals surface area contributed by atoms with Gasteiger partial charge in [-0.2, -0.15) is 0 Å². The molecule has 92 valence electrons. The Kier molecular flexibility index (Phi) is 4.04. The summed E-state index contributed by atoms with van der Waals surface area (Å²) in [6, 6.07) is 10.6. The van der Waals surface area contributed by atoms with Crippen molar-refractivity contribution in [2.45, 2.75) is 6.92 Å². The van der Waals surface area contributed by atoms with Gasteiger partial charge in [-0.25, -0.2) is 0 Å². The van der Waals surface area contributed by atoms with E-state index >= 15 is 0 Å². The van der Waals surface area contributed by atoms with Crippen LogP contribution in [0, 0.1) is 6.92 Å². The highest BCUT2D eigenvalue weighted by molar-refractivity contribution is 9.10. The molecule has 4 heteroatoms. The summed E-state index contributed by atoms with van der Waals surface area (Å²) in [7, 11) is 0. The number of ether oxygens (including phenoxy) is 1. The molecule has 0 saturated heterocycles. The van der Waals surface area contributed by atoms with Crippen LogP contribution in [0.5, 0.6) is 11.5 Å². The van der Waals surface area contributed by atoms with Crippen LogP contribution in [0.2, 0.25) is 5.02 Å². The van der Waals surface area contributed by atoms with E-state index in [1.165, 1.54) is 0 Å². The van der Waals surface area contributed by atoms with E-state index in [2.05, 4.69) is 15.9 Å². The Bertz CT molecular complexity index is 596. The monoisotopic (exact) mass is 324 g/mol. The van der Waals surface area contributed by atoms with Crippen molar-refractivity contribution in [3.05, 3.63) is 57.0 Å². The second-order valence-corrected chi connectivity index (χ2v) is 5.10. The van der Waals surface area contributed by atoms with Crippen LogP contribution in [0.15, 0.2) is 40.9 Å². The van der Waals surface area contributed by atoms with Crippen molar-refractivity contribution in [1.29, 1.82) is 0 Å². The predicted molar refractivity (Wildman–Crippen MR) is 75.8 cm³/mol. The van der Waals surface area contributed by atoms with Crippen molar-refractivity contribution in [1.82, 2.24) is 0 Å². The summed E-state index contributed by atoms with van der Waals surface area (Å²) in [5.41, 5.74) is 1.50. The van der Waals surface area contributed by atoms with Crippen molar-refractivity contribution in [3.8, 4) is 11.5 Å². The number of benzene rings is 2. The van der Waals surface area contributed by atoms with Gasteiger partial charge >= 0.3 is 0 Å². The first-order chi connectivity index (χ1) is 8.60. The molecule has 0 aliphatic rings. The Hall–Kier alpha value is -1.32. The number of aryl methyl sites for hydroxylation is 1. The van der Waals surface area contributed by atoms with E-state index < -0.39 is 0 Å². The average molecular weight is 326 g/mol. The Balaban J connectivity index is 2.33. The molecule has 0 saturated carbocycles. The number of rotatable bonds is 3. The fraction of sp³-hybridized carbons (Fsp3) is 0.0714. The van der Waals surface area contributed by atoms with Gasteiger partial charge in [0.25, 0.3) is 0 Å². The van der Waals surface area contributed by atoms with Crippen molar-refractivity contribution >= 4 is 33.8 Å². The lowest BCUT2D eigenvalue weighted by Gasteiger charge is -2.09. The smallest absolute Gasteiger partial charge is 0.153 e. The molecule has 0 bridgehead atoms. The zero-order chi connectivity index (χ0) is 13.1. The molecule has 0 fully saturated rings. The van der Waals surface area contributed by atoms with Gasteiger partial charge < -0.3 is 4.74 Å². The van der Waals surface area contributed by atoms with Gasteiger partial charge in [-0.3, -0.25) is 4.79 Å². The number of hydrogen-bond acceptors (Lipinski definition) is 2. The third-order valence-corrected chi connectivity index (χ3v) is 3.58. The molecule has 2 aromatic carbocycles. The van der Waals surface area contributed by atoms with Crippen LogP contribution in [-0.2, 0) is 0 Å². The minimum absolute atomic E-state index is 0.433. The molecular formula is C14H10BrClO2. The molecule has 0 spiro atoms. The molecule has 0 unspecified atom stereocenters. The highest BCUT2D eigenvalue weighted by atomic mass is 79.9. The summed E-state index contributed by atoms with van der Waals surface area (Å²) in [5, 5.41) is 0.511. The number of hydrogen-bond donors (Lipinski definition) is 0. The van der Waals surface area contributed by atoms with E-state index in [9.17, 15) is 4.79 Å². The summed E-state index contributed by atoms with van der Waals surface area (Å²) < 4.78 is 6.70. The third-order valence-electron chi connectivity index (χ3n) is 2.46. The van der Waals surface area contributed by atoms with Crippen molar-refractivity contribution in [3.63, 3.8) is 0 Å². The molecule has 0 aliphatic heterocycles. The standard InChI is InChI=1S/C14H10BrClO2/c1-9-6-12(3-4-13(9)15)18-14-5-2-11(16)7-10(14)8-17/h2-8H,1H3. The van der Waals surface area contributed by atoms with Crippen LogP contribution in [0.4, 0.5) is 0 Å². The lowest BCUT2D eigenvalue weighted by Crippen LogP contribution is -1.91. The topological polar surface area (TPSA) is 26.3 Å².